The molecule has 1 aromatic carbocycles. The minimum atomic E-state index is -4.69. The van der Waals surface area contributed by atoms with E-state index in [9.17, 15) is 26.0 Å². The summed E-state index contributed by atoms with van der Waals surface area (Å²) in [7, 11) is -4.69. The molecule has 4 saturated heterocycles. The minimum absolute atomic E-state index is 0.0256. The second-order valence-electron chi connectivity index (χ2n) is 13.6. The monoisotopic (exact) mass is 692 g/mol. The topological polar surface area (TPSA) is 130 Å². The lowest BCUT2D eigenvalue weighted by Crippen LogP contribution is -2.52. The number of halogens is 4. The van der Waals surface area contributed by atoms with Gasteiger partial charge in [-0.1, -0.05) is 11.3 Å². The highest BCUT2D eigenvalue weighted by Crippen LogP contribution is 2.54. The van der Waals surface area contributed by atoms with Gasteiger partial charge in [-0.2, -0.15) is 9.97 Å². The minimum Gasteiger partial charge on any atom is -0.461 e. The molecule has 17 heteroatoms. The van der Waals surface area contributed by atoms with Crippen LogP contribution in [0.5, 0.6) is 6.01 Å². The zero-order valence-electron chi connectivity index (χ0n) is 25.1. The molecule has 3 unspecified atom stereocenters. The number of fused-ring (bicyclic) bond motifs is 5. The number of hydrogen-bond donors (Lipinski definition) is 2. The molecule has 5 aliphatic heterocycles. The molecule has 1 aliphatic carbocycles. The maximum atomic E-state index is 14.9. The number of nitrogen functional groups attached to an aromatic ring is 1. The molecule has 47 heavy (non-hydrogen) atoms. The Kier molecular flexibility index (Phi) is 6.42. The molecule has 3 aromatic rings. The first-order valence-electron chi connectivity index (χ1n) is 15.9. The largest absolute Gasteiger partial charge is 0.461 e. The molecule has 5 fully saturated rings. The van der Waals surface area contributed by atoms with E-state index >= 15 is 0 Å². The Morgan fingerprint density at radius 3 is 2.62 bits per heavy atom. The third-order valence-corrected chi connectivity index (χ3v) is 13.3. The van der Waals surface area contributed by atoms with Gasteiger partial charge in [0.05, 0.1) is 27.1 Å². The van der Waals surface area contributed by atoms with Crippen molar-refractivity contribution in [1.29, 1.82) is 0 Å². The number of anilines is 2. The fourth-order valence-electron chi connectivity index (χ4n) is 8.28. The third-order valence-electron chi connectivity index (χ3n) is 10.5. The van der Waals surface area contributed by atoms with E-state index in [0.717, 1.165) is 53.9 Å². The number of nitrogens with two attached hydrogens (primary N) is 1. The molecule has 250 valence electrons. The summed E-state index contributed by atoms with van der Waals surface area (Å²) in [5.41, 5.74) is 5.48. The first-order chi connectivity index (χ1) is 22.4. The van der Waals surface area contributed by atoms with Crippen LogP contribution in [-0.4, -0.2) is 101 Å². The van der Waals surface area contributed by atoms with Crippen molar-refractivity contribution in [3.63, 3.8) is 0 Å². The second kappa shape index (κ2) is 10.1. The zero-order chi connectivity index (χ0) is 32.5. The molecule has 6 aliphatic rings. The molecule has 7 heterocycles. The summed E-state index contributed by atoms with van der Waals surface area (Å²) >= 11 is 0.883. The highest BCUT2D eigenvalue weighted by atomic mass is 32.2. The SMILES string of the molecule is Nc1nc2c(C3=Cc4nc(OC[C@@]56CCCN5C[C@H](F)C6)nc(N5CC6CCC(C5)N6)c4S(=O)(=O)N3C3CC3(F)F)ccc(F)c2s1. The summed E-state index contributed by atoms with van der Waals surface area (Å²) in [6.07, 6.45) is 3.60. The van der Waals surface area contributed by atoms with E-state index in [-0.39, 0.29) is 67.7 Å². The number of sulfonamides is 1. The van der Waals surface area contributed by atoms with Gasteiger partial charge in [0.1, 0.15) is 24.6 Å². The van der Waals surface area contributed by atoms with Crippen molar-refractivity contribution in [2.75, 3.05) is 43.4 Å². The Morgan fingerprint density at radius 2 is 1.87 bits per heavy atom. The quantitative estimate of drug-likeness (QED) is 0.370. The summed E-state index contributed by atoms with van der Waals surface area (Å²) in [5, 5.41) is 3.57. The fourth-order valence-corrected chi connectivity index (χ4v) is 11.0. The van der Waals surface area contributed by atoms with Gasteiger partial charge in [-0.25, -0.2) is 31.0 Å². The number of benzene rings is 1. The van der Waals surface area contributed by atoms with E-state index in [1.807, 2.05) is 4.90 Å². The van der Waals surface area contributed by atoms with Crippen LogP contribution in [0.4, 0.5) is 28.5 Å². The van der Waals surface area contributed by atoms with Crippen molar-refractivity contribution in [1.82, 2.24) is 29.5 Å². The van der Waals surface area contributed by atoms with Crippen LogP contribution in [0.15, 0.2) is 17.0 Å². The molecule has 0 radical (unpaired) electrons. The van der Waals surface area contributed by atoms with Crippen LogP contribution >= 0.6 is 11.3 Å². The fraction of sp³-hybridized carbons (Fsp3) is 0.567. The van der Waals surface area contributed by atoms with Crippen molar-refractivity contribution in [2.45, 2.75) is 79.2 Å². The van der Waals surface area contributed by atoms with E-state index < -0.39 is 45.9 Å². The molecule has 11 nitrogen and oxygen atoms in total. The van der Waals surface area contributed by atoms with Gasteiger partial charge in [-0.15, -0.1) is 0 Å². The van der Waals surface area contributed by atoms with Gasteiger partial charge in [0.2, 0.25) is 0 Å². The van der Waals surface area contributed by atoms with Crippen molar-refractivity contribution < 1.29 is 30.7 Å². The van der Waals surface area contributed by atoms with Crippen LogP contribution in [0.2, 0.25) is 0 Å². The number of nitrogens with one attached hydrogen (secondary N) is 1. The average molecular weight is 693 g/mol. The normalized spacial score (nSPS) is 32.0. The molecule has 0 amide bonds. The number of hydrogen-bond acceptors (Lipinski definition) is 11. The molecule has 9 rings (SSSR count). The lowest BCUT2D eigenvalue weighted by Gasteiger charge is -2.37. The van der Waals surface area contributed by atoms with Crippen LogP contribution in [-0.2, 0) is 10.0 Å². The highest BCUT2D eigenvalue weighted by molar-refractivity contribution is 7.89. The Morgan fingerprint density at radius 1 is 1.11 bits per heavy atom. The second-order valence-corrected chi connectivity index (χ2v) is 16.4. The van der Waals surface area contributed by atoms with Crippen molar-refractivity contribution in [2.24, 2.45) is 0 Å². The molecule has 1 saturated carbocycles. The van der Waals surface area contributed by atoms with E-state index in [0.29, 0.717) is 26.1 Å². The summed E-state index contributed by atoms with van der Waals surface area (Å²) in [4.78, 5) is 17.2. The van der Waals surface area contributed by atoms with Crippen LogP contribution in [0, 0.1) is 5.82 Å². The molecule has 0 spiro atoms. The molecular weight excluding hydrogens is 661 g/mol. The molecule has 5 atom stereocenters. The van der Waals surface area contributed by atoms with Crippen molar-refractivity contribution >= 4 is 54.3 Å². The predicted octanol–water partition coefficient (Wildman–Crippen LogP) is 3.61. The van der Waals surface area contributed by atoms with Gasteiger partial charge in [-0.3, -0.25) is 9.21 Å². The van der Waals surface area contributed by atoms with Crippen LogP contribution in [0.1, 0.15) is 49.8 Å². The number of alkyl halides is 3. The number of piperazine rings is 1. The Hall–Kier alpha value is -3.28. The average Bonchev–Trinajstić information content (AvgIpc) is 3.45. The number of rotatable bonds is 6. The molecule has 2 bridgehead atoms. The standard InChI is InChI=1S/C30H32F4N8O3S2/c31-15-9-29(6-1-7-41(29)11-15)14-45-28-37-20-8-21(18-4-5-19(32)24-23(18)38-27(35)46-24)42(22-10-30(22,33)34)47(43,44)25(20)26(39-28)40-12-16-2-3-17(13-40)36-16/h4-5,8,15-17,22,36H,1-3,6-7,9-14H2,(H2,35,38)/t15-,16?,17?,22?,29+/m1/s1. The van der Waals surface area contributed by atoms with E-state index in [1.165, 1.54) is 12.1 Å². The lowest BCUT2D eigenvalue weighted by atomic mass is 9.95. The van der Waals surface area contributed by atoms with Gasteiger partial charge in [-0.05, 0) is 50.4 Å². The number of aromatic nitrogens is 3. The Balaban J connectivity index is 1.22. The van der Waals surface area contributed by atoms with Crippen molar-refractivity contribution in [3.8, 4) is 6.01 Å². The third kappa shape index (κ3) is 4.63. The maximum absolute atomic E-state index is 14.9. The van der Waals surface area contributed by atoms with Gasteiger partial charge in [0, 0.05) is 50.1 Å². The molecule has 2 aromatic heterocycles. The summed E-state index contributed by atoms with van der Waals surface area (Å²) in [6.45, 7) is 2.15. The first-order valence-corrected chi connectivity index (χ1v) is 18.1. The number of nitrogens with zero attached hydrogens (tertiary/aromatic N) is 6. The van der Waals surface area contributed by atoms with E-state index in [1.54, 1.807) is 0 Å². The summed E-state index contributed by atoms with van der Waals surface area (Å²) in [5.74, 6) is -3.80. The first kappa shape index (κ1) is 29.8. The van der Waals surface area contributed by atoms with Crippen LogP contribution in [0.25, 0.3) is 22.0 Å². The Labute approximate surface area is 271 Å². The van der Waals surface area contributed by atoms with Gasteiger partial charge in [0.15, 0.2) is 15.8 Å². The summed E-state index contributed by atoms with van der Waals surface area (Å²) in [6, 6.07) is 0.952. The van der Waals surface area contributed by atoms with E-state index in [4.69, 9.17) is 10.5 Å². The van der Waals surface area contributed by atoms with Crippen molar-refractivity contribution in [3.05, 3.63) is 29.2 Å². The highest BCUT2D eigenvalue weighted by Gasteiger charge is 2.65. The van der Waals surface area contributed by atoms with Gasteiger partial charge in [0.25, 0.3) is 15.9 Å². The van der Waals surface area contributed by atoms with Gasteiger partial charge >= 0.3 is 6.01 Å². The zero-order valence-corrected chi connectivity index (χ0v) is 26.8. The van der Waals surface area contributed by atoms with Gasteiger partial charge < -0.3 is 20.7 Å². The lowest BCUT2D eigenvalue weighted by molar-refractivity contribution is 0.0990. The molecular formula is C30H32F4N8O3S2. The number of ether oxygens (including phenoxy) is 1. The smallest absolute Gasteiger partial charge is 0.319 e. The van der Waals surface area contributed by atoms with Crippen LogP contribution in [0.3, 0.4) is 0 Å². The maximum Gasteiger partial charge on any atom is 0.319 e. The number of thiazole rings is 1. The molecule has 3 N–H and O–H groups in total. The Bertz CT molecular complexity index is 1950. The van der Waals surface area contributed by atoms with E-state index in [2.05, 4.69) is 25.2 Å². The van der Waals surface area contributed by atoms with Crippen LogP contribution < -0.4 is 20.7 Å². The predicted molar refractivity (Wildman–Crippen MR) is 167 cm³/mol. The summed E-state index contributed by atoms with van der Waals surface area (Å²) < 4.78 is 95.5.